The summed E-state index contributed by atoms with van der Waals surface area (Å²) in [6, 6.07) is 12.3. The summed E-state index contributed by atoms with van der Waals surface area (Å²) in [6.45, 7) is 3.77. The van der Waals surface area contributed by atoms with E-state index in [0.29, 0.717) is 18.6 Å². The van der Waals surface area contributed by atoms with E-state index in [-0.39, 0.29) is 10.7 Å². The van der Waals surface area contributed by atoms with Crippen molar-refractivity contribution in [3.63, 3.8) is 0 Å². The van der Waals surface area contributed by atoms with Crippen LogP contribution < -0.4 is 4.74 Å². The standard InChI is InChI=1S/C21H22O5S/c1-13-4-8-16(9-5-13)27(23,24)26-19-12-21(2)18-11-15(25-3)7-6-14(18)10-17(19)20(21)22/h4-9,11,17,19H,10,12H2,1-3H3. The van der Waals surface area contributed by atoms with Crippen LogP contribution in [-0.4, -0.2) is 27.4 Å². The van der Waals surface area contributed by atoms with Gasteiger partial charge in [-0.3, -0.25) is 8.98 Å². The molecule has 0 heterocycles. The number of fused-ring (bicyclic) bond motifs is 4. The minimum atomic E-state index is -3.93. The monoisotopic (exact) mass is 386 g/mol. The molecule has 2 aromatic carbocycles. The van der Waals surface area contributed by atoms with E-state index in [9.17, 15) is 13.2 Å². The quantitative estimate of drug-likeness (QED) is 0.755. The predicted molar refractivity (Wildman–Crippen MR) is 100 cm³/mol. The summed E-state index contributed by atoms with van der Waals surface area (Å²) in [5, 5.41) is 0. The number of Topliss-reactive ketones (excluding diaryl/α,β-unsaturated/α-hetero) is 1. The van der Waals surface area contributed by atoms with Crippen molar-refractivity contribution >= 4 is 15.9 Å². The molecule has 142 valence electrons. The van der Waals surface area contributed by atoms with Gasteiger partial charge < -0.3 is 4.74 Å². The van der Waals surface area contributed by atoms with Crippen molar-refractivity contribution < 1.29 is 22.1 Å². The van der Waals surface area contributed by atoms with Gasteiger partial charge in [0, 0.05) is 0 Å². The SMILES string of the molecule is COc1ccc2c(c1)C1(C)CC(OS(=O)(=O)c3ccc(C)cc3)C(C2)C1=O. The van der Waals surface area contributed by atoms with Crippen molar-refractivity contribution in [3.05, 3.63) is 59.2 Å². The first-order valence-corrected chi connectivity index (χ1v) is 10.4. The topological polar surface area (TPSA) is 69.7 Å². The highest BCUT2D eigenvalue weighted by Gasteiger charge is 2.56. The Balaban J connectivity index is 1.66. The molecule has 5 nitrogen and oxygen atoms in total. The molecule has 2 aliphatic carbocycles. The number of carbonyl (C=O) groups is 1. The number of methoxy groups -OCH3 is 1. The molecular weight excluding hydrogens is 364 g/mol. The van der Waals surface area contributed by atoms with Gasteiger partial charge in [-0.15, -0.1) is 0 Å². The second-order valence-corrected chi connectivity index (χ2v) is 9.21. The van der Waals surface area contributed by atoms with Crippen LogP contribution in [0.25, 0.3) is 0 Å². The Morgan fingerprint density at radius 1 is 1.11 bits per heavy atom. The van der Waals surface area contributed by atoms with Gasteiger partial charge in [-0.1, -0.05) is 23.8 Å². The van der Waals surface area contributed by atoms with Crippen LogP contribution in [0.15, 0.2) is 47.4 Å². The second kappa shape index (κ2) is 6.17. The summed E-state index contributed by atoms with van der Waals surface area (Å²) >= 11 is 0. The molecule has 3 unspecified atom stereocenters. The van der Waals surface area contributed by atoms with E-state index in [1.54, 1.807) is 19.2 Å². The lowest BCUT2D eigenvalue weighted by atomic mass is 9.72. The fourth-order valence-corrected chi connectivity index (χ4v) is 5.43. The normalized spacial score (nSPS) is 26.7. The van der Waals surface area contributed by atoms with Crippen LogP contribution in [0.1, 0.15) is 30.0 Å². The Bertz CT molecular complexity index is 1010. The largest absolute Gasteiger partial charge is 0.497 e. The lowest BCUT2D eigenvalue weighted by Crippen LogP contribution is -2.36. The zero-order chi connectivity index (χ0) is 19.4. The smallest absolute Gasteiger partial charge is 0.297 e. The molecule has 6 heteroatoms. The highest BCUT2D eigenvalue weighted by molar-refractivity contribution is 7.86. The molecule has 1 fully saturated rings. The van der Waals surface area contributed by atoms with E-state index in [1.807, 2.05) is 32.0 Å². The Morgan fingerprint density at radius 3 is 2.48 bits per heavy atom. The molecule has 0 aromatic heterocycles. The van der Waals surface area contributed by atoms with Gasteiger partial charge in [0.2, 0.25) is 0 Å². The average Bonchev–Trinajstić information content (AvgIpc) is 2.79. The molecule has 2 aromatic rings. The van der Waals surface area contributed by atoms with Gasteiger partial charge in [0.15, 0.2) is 0 Å². The van der Waals surface area contributed by atoms with E-state index in [0.717, 1.165) is 16.7 Å². The fourth-order valence-electron chi connectivity index (χ4n) is 4.33. The number of carbonyl (C=O) groups excluding carboxylic acids is 1. The number of rotatable bonds is 4. The third-order valence-electron chi connectivity index (χ3n) is 5.85. The van der Waals surface area contributed by atoms with Gasteiger partial charge in [-0.25, -0.2) is 0 Å². The molecule has 0 aliphatic heterocycles. The van der Waals surface area contributed by atoms with Crippen LogP contribution in [0.4, 0.5) is 0 Å². The van der Waals surface area contributed by atoms with Crippen molar-refractivity contribution in [2.24, 2.45) is 5.92 Å². The third kappa shape index (κ3) is 2.87. The molecule has 0 N–H and O–H groups in total. The van der Waals surface area contributed by atoms with E-state index in [4.69, 9.17) is 8.92 Å². The average molecular weight is 386 g/mol. The van der Waals surface area contributed by atoms with E-state index in [1.165, 1.54) is 12.1 Å². The number of benzene rings is 2. The van der Waals surface area contributed by atoms with Crippen molar-refractivity contribution in [2.75, 3.05) is 7.11 Å². The van der Waals surface area contributed by atoms with Crippen LogP contribution in [0.3, 0.4) is 0 Å². The molecule has 4 rings (SSSR count). The van der Waals surface area contributed by atoms with E-state index < -0.39 is 27.6 Å². The molecule has 2 bridgehead atoms. The van der Waals surface area contributed by atoms with Gasteiger partial charge in [0.25, 0.3) is 10.1 Å². The molecule has 27 heavy (non-hydrogen) atoms. The van der Waals surface area contributed by atoms with Crippen LogP contribution in [0.2, 0.25) is 0 Å². The summed E-state index contributed by atoms with van der Waals surface area (Å²) < 4.78 is 36.3. The van der Waals surface area contributed by atoms with Gasteiger partial charge >= 0.3 is 0 Å². The van der Waals surface area contributed by atoms with Crippen LogP contribution >= 0.6 is 0 Å². The van der Waals surface area contributed by atoms with Crippen molar-refractivity contribution in [1.82, 2.24) is 0 Å². The second-order valence-electron chi connectivity index (χ2n) is 7.64. The number of ketones is 1. The Hall–Kier alpha value is -2.18. The van der Waals surface area contributed by atoms with Gasteiger partial charge in [-0.05, 0) is 62.1 Å². The van der Waals surface area contributed by atoms with Crippen LogP contribution in [0, 0.1) is 12.8 Å². The van der Waals surface area contributed by atoms with E-state index in [2.05, 4.69) is 0 Å². The maximum atomic E-state index is 13.0. The molecule has 3 atom stereocenters. The van der Waals surface area contributed by atoms with E-state index >= 15 is 0 Å². The first kappa shape index (κ1) is 18.2. The van der Waals surface area contributed by atoms with Crippen molar-refractivity contribution in [2.45, 2.75) is 43.1 Å². The summed E-state index contributed by atoms with van der Waals surface area (Å²) in [7, 11) is -2.34. The lowest BCUT2D eigenvalue weighted by Gasteiger charge is -2.30. The van der Waals surface area contributed by atoms with Gasteiger partial charge in [0.05, 0.1) is 29.4 Å². The first-order valence-electron chi connectivity index (χ1n) is 8.96. The van der Waals surface area contributed by atoms with Crippen molar-refractivity contribution in [3.8, 4) is 5.75 Å². The highest BCUT2D eigenvalue weighted by Crippen LogP contribution is 2.50. The minimum absolute atomic E-state index is 0.0485. The highest BCUT2D eigenvalue weighted by atomic mass is 32.2. The zero-order valence-electron chi connectivity index (χ0n) is 15.6. The van der Waals surface area contributed by atoms with Crippen LogP contribution in [0.5, 0.6) is 5.75 Å². The molecule has 0 radical (unpaired) electrons. The fraction of sp³-hybridized carbons (Fsp3) is 0.381. The minimum Gasteiger partial charge on any atom is -0.497 e. The first-order chi connectivity index (χ1) is 12.7. The number of hydrogen-bond acceptors (Lipinski definition) is 5. The zero-order valence-corrected chi connectivity index (χ0v) is 16.4. The third-order valence-corrected chi connectivity index (χ3v) is 7.20. The molecular formula is C21H22O5S. The number of hydrogen-bond donors (Lipinski definition) is 0. The van der Waals surface area contributed by atoms with Crippen LogP contribution in [-0.2, 0) is 30.9 Å². The molecule has 0 amide bonds. The predicted octanol–water partition coefficient (Wildman–Crippen LogP) is 3.18. The lowest BCUT2D eigenvalue weighted by molar-refractivity contribution is -0.126. The Morgan fingerprint density at radius 2 is 1.81 bits per heavy atom. The maximum Gasteiger partial charge on any atom is 0.297 e. The summed E-state index contributed by atoms with van der Waals surface area (Å²) in [4.78, 5) is 13.2. The molecule has 0 saturated heterocycles. The summed E-state index contributed by atoms with van der Waals surface area (Å²) in [5.41, 5.74) is 2.20. The van der Waals surface area contributed by atoms with Gasteiger partial charge in [0.1, 0.15) is 11.5 Å². The molecule has 1 saturated carbocycles. The van der Waals surface area contributed by atoms with Crippen molar-refractivity contribution in [1.29, 1.82) is 0 Å². The summed E-state index contributed by atoms with van der Waals surface area (Å²) in [6.07, 6.45) is 0.177. The Labute approximate surface area is 159 Å². The number of ether oxygens (including phenoxy) is 1. The summed E-state index contributed by atoms with van der Waals surface area (Å²) in [5.74, 6) is 0.293. The maximum absolute atomic E-state index is 13.0. The van der Waals surface area contributed by atoms with Gasteiger partial charge in [-0.2, -0.15) is 8.42 Å². The Kier molecular flexibility index (Phi) is 4.16. The number of aryl methyl sites for hydroxylation is 1. The molecule has 0 spiro atoms. The molecule has 2 aliphatic rings.